The van der Waals surface area contributed by atoms with E-state index < -0.39 is 58.6 Å². The lowest BCUT2D eigenvalue weighted by molar-refractivity contribution is -0.272. The number of ether oxygens (including phenoxy) is 2. The van der Waals surface area contributed by atoms with Gasteiger partial charge in [-0.25, -0.2) is 9.37 Å². The van der Waals surface area contributed by atoms with Gasteiger partial charge in [-0.1, -0.05) is 13.0 Å². The minimum absolute atomic E-state index is 0.00978. The molecular weight excluding hydrogens is 467 g/mol. The number of rotatable bonds is 4. The first-order valence-electron chi connectivity index (χ1n) is 10.0. The van der Waals surface area contributed by atoms with E-state index in [4.69, 9.17) is 9.47 Å². The van der Waals surface area contributed by atoms with Crippen molar-refractivity contribution in [3.8, 4) is 5.75 Å². The third-order valence-corrected chi connectivity index (χ3v) is 6.25. The van der Waals surface area contributed by atoms with Crippen molar-refractivity contribution in [3.05, 3.63) is 58.1 Å². The largest absolute Gasteiger partial charge is 0.493 e. The normalized spacial score (nSPS) is 25.0. The Bertz CT molecular complexity index is 1320. The fourth-order valence-corrected chi connectivity index (χ4v) is 4.25. The molecule has 1 aliphatic heterocycles. The first-order valence-corrected chi connectivity index (χ1v) is 10.0. The molecule has 0 saturated carbocycles. The number of anilines is 1. The molecule has 4 rings (SSSR count). The molecule has 182 valence electrons. The van der Waals surface area contributed by atoms with Crippen LogP contribution in [0.15, 0.2) is 35.4 Å². The molecule has 2 N–H and O–H groups in total. The van der Waals surface area contributed by atoms with E-state index in [1.54, 1.807) is 0 Å². The molecule has 13 heteroatoms. The number of carbonyl (C=O) groups is 1. The number of H-pyrrole nitrogens is 1. The Morgan fingerprint density at radius 1 is 1.29 bits per heavy atom. The number of aromatic nitrogens is 3. The molecule has 2 aromatic heterocycles. The Labute approximate surface area is 188 Å². The fraction of sp³-hybridized carbons (Fsp3) is 0.381. The highest BCUT2D eigenvalue weighted by atomic mass is 19.4. The maximum atomic E-state index is 14.4. The highest BCUT2D eigenvalue weighted by molar-refractivity contribution is 5.98. The lowest BCUT2D eigenvalue weighted by Gasteiger charge is -2.32. The van der Waals surface area contributed by atoms with Crippen molar-refractivity contribution in [2.75, 3.05) is 12.4 Å². The summed E-state index contributed by atoms with van der Waals surface area (Å²) >= 11 is 0. The molecule has 1 saturated heterocycles. The Morgan fingerprint density at radius 2 is 2.00 bits per heavy atom. The Kier molecular flexibility index (Phi) is 5.62. The third kappa shape index (κ3) is 3.50. The molecule has 8 nitrogen and oxygen atoms in total. The van der Waals surface area contributed by atoms with Crippen LogP contribution in [0, 0.1) is 17.6 Å². The number of hydrogen-bond acceptors (Lipinski definition) is 5. The summed E-state index contributed by atoms with van der Waals surface area (Å²) in [5.74, 6) is -7.04. The summed E-state index contributed by atoms with van der Waals surface area (Å²) in [4.78, 5) is 29.1. The van der Waals surface area contributed by atoms with E-state index in [9.17, 15) is 31.5 Å². The summed E-state index contributed by atoms with van der Waals surface area (Å²) in [7, 11) is 1.04. The second-order valence-electron chi connectivity index (χ2n) is 8.06. The average molecular weight is 486 g/mol. The van der Waals surface area contributed by atoms with Gasteiger partial charge in [-0.3, -0.25) is 14.7 Å². The van der Waals surface area contributed by atoms with Gasteiger partial charge in [0.2, 0.25) is 5.82 Å². The summed E-state index contributed by atoms with van der Waals surface area (Å²) in [5.41, 5.74) is -3.39. The SMILES string of the molecule is COc1c([C@H]2[C@H](C(=O)Nc3c[nH]n4c(=O)ccnc34)O[C@@](C)(C(F)(F)F)[C@H]2C)ccc(F)c1F. The first-order chi connectivity index (χ1) is 15.9. The van der Waals surface area contributed by atoms with Gasteiger partial charge < -0.3 is 14.8 Å². The number of fused-ring (bicyclic) bond motifs is 1. The zero-order valence-electron chi connectivity index (χ0n) is 18.0. The lowest BCUT2D eigenvalue weighted by atomic mass is 9.77. The molecule has 1 fully saturated rings. The van der Waals surface area contributed by atoms with E-state index in [0.29, 0.717) is 0 Å². The van der Waals surface area contributed by atoms with Crippen molar-refractivity contribution >= 4 is 17.2 Å². The van der Waals surface area contributed by atoms with Gasteiger partial charge in [0.1, 0.15) is 11.8 Å². The van der Waals surface area contributed by atoms with Crippen molar-refractivity contribution in [2.45, 2.75) is 37.6 Å². The van der Waals surface area contributed by atoms with Crippen LogP contribution in [0.25, 0.3) is 5.65 Å². The summed E-state index contributed by atoms with van der Waals surface area (Å²) in [6.45, 7) is 2.00. The molecule has 0 spiro atoms. The molecule has 1 amide bonds. The Balaban J connectivity index is 1.80. The molecule has 0 aliphatic carbocycles. The molecule has 0 unspecified atom stereocenters. The topological polar surface area (TPSA) is 97.7 Å². The van der Waals surface area contributed by atoms with Crippen molar-refractivity contribution in [1.29, 1.82) is 0 Å². The number of benzene rings is 1. The fourth-order valence-electron chi connectivity index (χ4n) is 4.25. The third-order valence-electron chi connectivity index (χ3n) is 6.25. The monoisotopic (exact) mass is 486 g/mol. The smallest absolute Gasteiger partial charge is 0.417 e. The first kappa shape index (κ1) is 23.7. The molecule has 0 radical (unpaired) electrons. The second-order valence-corrected chi connectivity index (χ2v) is 8.06. The number of amides is 1. The van der Waals surface area contributed by atoms with E-state index in [0.717, 1.165) is 36.7 Å². The van der Waals surface area contributed by atoms with Crippen molar-refractivity contribution in [1.82, 2.24) is 14.6 Å². The van der Waals surface area contributed by atoms with Crippen LogP contribution in [0.4, 0.5) is 27.6 Å². The van der Waals surface area contributed by atoms with E-state index in [-0.39, 0.29) is 16.9 Å². The zero-order valence-corrected chi connectivity index (χ0v) is 18.0. The molecule has 3 aromatic rings. The maximum absolute atomic E-state index is 14.4. The van der Waals surface area contributed by atoms with Gasteiger partial charge in [-0.15, -0.1) is 0 Å². The van der Waals surface area contributed by atoms with Crippen LogP contribution < -0.4 is 15.6 Å². The predicted octanol–water partition coefficient (Wildman–Crippen LogP) is 3.39. The molecule has 3 heterocycles. The molecule has 1 aliphatic rings. The van der Waals surface area contributed by atoms with Gasteiger partial charge in [0, 0.05) is 35.9 Å². The van der Waals surface area contributed by atoms with E-state index in [1.807, 2.05) is 0 Å². The lowest BCUT2D eigenvalue weighted by Crippen LogP contribution is -2.47. The van der Waals surface area contributed by atoms with Crippen molar-refractivity contribution in [3.63, 3.8) is 0 Å². The number of halogens is 5. The molecular formula is C21H19F5N4O4. The van der Waals surface area contributed by atoms with Gasteiger partial charge in [0.05, 0.1) is 7.11 Å². The summed E-state index contributed by atoms with van der Waals surface area (Å²) in [6.07, 6.45) is -4.23. The molecule has 1 aromatic carbocycles. The second kappa shape index (κ2) is 8.08. The van der Waals surface area contributed by atoms with Crippen LogP contribution in [0.2, 0.25) is 0 Å². The van der Waals surface area contributed by atoms with Crippen molar-refractivity contribution in [2.24, 2.45) is 5.92 Å². The van der Waals surface area contributed by atoms with Gasteiger partial charge >= 0.3 is 6.18 Å². The van der Waals surface area contributed by atoms with Crippen LogP contribution in [0.3, 0.4) is 0 Å². The minimum atomic E-state index is -4.89. The highest BCUT2D eigenvalue weighted by Gasteiger charge is 2.66. The van der Waals surface area contributed by atoms with Gasteiger partial charge in [-0.2, -0.15) is 22.1 Å². The number of nitrogens with zero attached hydrogens (tertiary/aromatic N) is 2. The van der Waals surface area contributed by atoms with Gasteiger partial charge in [0.25, 0.3) is 11.5 Å². The maximum Gasteiger partial charge on any atom is 0.417 e. The molecule has 4 atom stereocenters. The summed E-state index contributed by atoms with van der Waals surface area (Å²) < 4.78 is 81.4. The van der Waals surface area contributed by atoms with Crippen LogP contribution in [-0.4, -0.2) is 45.5 Å². The summed E-state index contributed by atoms with van der Waals surface area (Å²) in [6, 6.07) is 2.97. The highest BCUT2D eigenvalue weighted by Crippen LogP contribution is 2.55. The number of carbonyl (C=O) groups excluding carboxylic acids is 1. The van der Waals surface area contributed by atoms with Crippen molar-refractivity contribution < 1.29 is 36.2 Å². The predicted molar refractivity (Wildman–Crippen MR) is 109 cm³/mol. The number of nitrogens with one attached hydrogen (secondary N) is 2. The van der Waals surface area contributed by atoms with E-state index in [2.05, 4.69) is 15.4 Å². The van der Waals surface area contributed by atoms with Crippen LogP contribution in [-0.2, 0) is 9.53 Å². The molecule has 0 bridgehead atoms. The van der Waals surface area contributed by atoms with E-state index in [1.165, 1.54) is 19.3 Å². The zero-order chi connectivity index (χ0) is 25.0. The Hall–Kier alpha value is -3.48. The van der Waals surface area contributed by atoms with Crippen LogP contribution in [0.1, 0.15) is 25.3 Å². The number of methoxy groups -OCH3 is 1. The van der Waals surface area contributed by atoms with Crippen LogP contribution >= 0.6 is 0 Å². The number of hydrogen-bond donors (Lipinski definition) is 2. The Morgan fingerprint density at radius 3 is 2.65 bits per heavy atom. The standard InChI is InChI=1S/C21H19F5N4O4/c1-9-14(10-4-5-11(22)15(23)16(10)33-3)17(34-20(9,2)21(24,25)26)19(32)29-12-8-28-30-13(31)6-7-27-18(12)30/h4-9,14,17,28H,1-3H3,(H,29,32)/t9-,14-,17+,20+/m0/s1. The number of aromatic amines is 1. The average Bonchev–Trinajstić information content (AvgIpc) is 3.30. The van der Waals surface area contributed by atoms with Gasteiger partial charge in [-0.05, 0) is 13.0 Å². The van der Waals surface area contributed by atoms with Gasteiger partial charge in [0.15, 0.2) is 22.8 Å². The number of alkyl halides is 3. The summed E-state index contributed by atoms with van der Waals surface area (Å²) in [5, 5.41) is 4.99. The van der Waals surface area contributed by atoms with Crippen LogP contribution in [0.5, 0.6) is 5.75 Å². The molecule has 34 heavy (non-hydrogen) atoms. The minimum Gasteiger partial charge on any atom is -0.493 e. The van der Waals surface area contributed by atoms with E-state index >= 15 is 0 Å². The quantitative estimate of drug-likeness (QED) is 0.551.